The molecule has 0 atom stereocenters. The Labute approximate surface area is 341 Å². The third-order valence-electron chi connectivity index (χ3n) is 9.57. The van der Waals surface area contributed by atoms with Crippen molar-refractivity contribution in [1.82, 2.24) is 14.5 Å². The van der Waals surface area contributed by atoms with Gasteiger partial charge in [0.2, 0.25) is 0 Å². The third kappa shape index (κ3) is 7.73. The van der Waals surface area contributed by atoms with Crippen LogP contribution in [-0.2, 0) is 25.5 Å². The molecule has 273 valence electrons. The molecule has 0 N–H and O–H groups in total. The summed E-state index contributed by atoms with van der Waals surface area (Å²) < 4.78 is 30.0. The van der Waals surface area contributed by atoms with Gasteiger partial charge in [-0.25, -0.2) is 0 Å². The Hall–Kier alpha value is -5.87. The topological polar surface area (TPSA) is 43.9 Å². The molecule has 1 radical (unpaired) electrons. The Kier molecular flexibility index (Phi) is 9.71. The molecule has 0 unspecified atom stereocenters. The number of furan rings is 1. The van der Waals surface area contributed by atoms with Crippen molar-refractivity contribution in [3.05, 3.63) is 187 Å². The van der Waals surface area contributed by atoms with Gasteiger partial charge in [0.1, 0.15) is 0 Å². The molecule has 6 aromatic carbocycles. The Morgan fingerprint density at radius 2 is 1.36 bits per heavy atom. The van der Waals surface area contributed by atoms with Gasteiger partial charge in [-0.15, -0.1) is 35.9 Å². The number of aromatic nitrogens is 3. The van der Waals surface area contributed by atoms with Gasteiger partial charge in [0.15, 0.2) is 0 Å². The van der Waals surface area contributed by atoms with E-state index in [0.717, 1.165) is 72.6 Å². The zero-order valence-corrected chi connectivity index (χ0v) is 33.5. The molecule has 9 aromatic rings. The van der Waals surface area contributed by atoms with Crippen LogP contribution >= 0.6 is 0 Å². The van der Waals surface area contributed by atoms with Crippen LogP contribution in [0.4, 0.5) is 0 Å². The molecule has 55 heavy (non-hydrogen) atoms. The average Bonchev–Trinajstić information content (AvgIpc) is 3.82. The molecule has 5 heteroatoms. The molecule has 0 bridgehead atoms. The van der Waals surface area contributed by atoms with Crippen LogP contribution in [0.2, 0.25) is 0 Å². The SMILES string of the molecule is Cc1ccc2o[c-]c(-c3nc4ccccc4n3-c3c(-c4ccccc4)cc(C(C)(C)C)cc3-c3ccccc3)c2c1.[2H]C([2H])([2H])c1ccc(-c2[c-]cccc2)nc1.[Ir]. The molecule has 0 saturated heterocycles. The number of pyridine rings is 1. The zero-order chi connectivity index (χ0) is 39.7. The minimum atomic E-state index is -2.09. The maximum absolute atomic E-state index is 7.23. The van der Waals surface area contributed by atoms with E-state index in [4.69, 9.17) is 13.5 Å². The molecule has 3 aromatic heterocycles. The monoisotopic (exact) mass is 895 g/mol. The summed E-state index contributed by atoms with van der Waals surface area (Å²) in [5, 5.41) is 1.01. The van der Waals surface area contributed by atoms with E-state index in [9.17, 15) is 0 Å². The molecule has 0 spiro atoms. The van der Waals surface area contributed by atoms with Crippen LogP contribution in [-0.4, -0.2) is 14.5 Å². The summed E-state index contributed by atoms with van der Waals surface area (Å²) in [6, 6.07) is 54.5. The molecule has 9 rings (SSSR count). The Morgan fingerprint density at radius 1 is 0.709 bits per heavy atom. The van der Waals surface area contributed by atoms with E-state index in [-0.39, 0.29) is 31.1 Å². The predicted octanol–water partition coefficient (Wildman–Crippen LogP) is 13.0. The number of fused-ring (bicyclic) bond motifs is 2. The van der Waals surface area contributed by atoms with Gasteiger partial charge in [-0.05, 0) is 71.4 Å². The quantitative estimate of drug-likeness (QED) is 0.162. The maximum atomic E-state index is 7.23. The van der Waals surface area contributed by atoms with Crippen molar-refractivity contribution in [2.75, 3.05) is 0 Å². The van der Waals surface area contributed by atoms with Crippen LogP contribution in [0.25, 0.3) is 72.6 Å². The fourth-order valence-corrected chi connectivity index (χ4v) is 6.77. The average molecular weight is 895 g/mol. The minimum absolute atomic E-state index is 0. The van der Waals surface area contributed by atoms with Crippen molar-refractivity contribution >= 4 is 22.0 Å². The normalized spacial score (nSPS) is 12.3. The Balaban J connectivity index is 0.000000254. The molecule has 0 amide bonds. The first-order chi connectivity index (χ1) is 27.5. The summed E-state index contributed by atoms with van der Waals surface area (Å²) in [5.74, 6) is 0.813. The maximum Gasteiger partial charge on any atom is 0.0774 e. The van der Waals surface area contributed by atoms with Crippen molar-refractivity contribution in [3.8, 4) is 50.6 Å². The number of hydrogen-bond donors (Lipinski definition) is 0. The number of rotatable bonds is 5. The van der Waals surface area contributed by atoms with Crippen molar-refractivity contribution in [2.24, 2.45) is 0 Å². The van der Waals surface area contributed by atoms with Crippen LogP contribution in [0.15, 0.2) is 162 Å². The Bertz CT molecular complexity index is 2750. The largest absolute Gasteiger partial charge is 0.557 e. The van der Waals surface area contributed by atoms with Crippen LogP contribution in [0, 0.1) is 26.1 Å². The third-order valence-corrected chi connectivity index (χ3v) is 9.57. The molecule has 0 aliphatic rings. The van der Waals surface area contributed by atoms with Gasteiger partial charge in [0, 0.05) is 53.4 Å². The van der Waals surface area contributed by atoms with Gasteiger partial charge < -0.3 is 14.0 Å². The van der Waals surface area contributed by atoms with E-state index in [1.54, 1.807) is 18.2 Å². The van der Waals surface area contributed by atoms with Crippen LogP contribution in [0.3, 0.4) is 0 Å². The number of aryl methyl sites for hydroxylation is 2. The standard InChI is InChI=1S/C38H31N2O.C12H10N.Ir/c1-25-19-20-35-31(21-25)32(24-41-35)37-39-33-17-11-12-18-34(33)40(37)36-29(26-13-7-5-8-14-26)22-28(38(2,3)4)23-30(36)27-15-9-6-10-16-27;1-10-7-8-12(13-9-10)11-5-3-2-4-6-11;/h5-23H,1-4H3;2-5,7-9H,1H3;/q2*-1;/i;1D3;. The molecule has 0 aliphatic heterocycles. The fourth-order valence-electron chi connectivity index (χ4n) is 6.77. The number of imidazole rings is 1. The first-order valence-corrected chi connectivity index (χ1v) is 18.1. The predicted molar refractivity (Wildman–Crippen MR) is 223 cm³/mol. The number of benzene rings is 6. The minimum Gasteiger partial charge on any atom is -0.557 e. The van der Waals surface area contributed by atoms with E-state index >= 15 is 0 Å². The molecule has 3 heterocycles. The summed E-state index contributed by atoms with van der Waals surface area (Å²) in [6.07, 6.45) is 4.62. The zero-order valence-electron chi connectivity index (χ0n) is 34.1. The summed E-state index contributed by atoms with van der Waals surface area (Å²) >= 11 is 0. The summed E-state index contributed by atoms with van der Waals surface area (Å²) in [4.78, 5) is 9.35. The van der Waals surface area contributed by atoms with Gasteiger partial charge >= 0.3 is 0 Å². The van der Waals surface area contributed by atoms with Gasteiger partial charge in [0.25, 0.3) is 0 Å². The molecule has 4 nitrogen and oxygen atoms in total. The van der Waals surface area contributed by atoms with E-state index in [1.165, 1.54) is 17.3 Å². The number of para-hydroxylation sites is 2. The Morgan fingerprint density at radius 3 is 1.98 bits per heavy atom. The van der Waals surface area contributed by atoms with Crippen LogP contribution in [0.1, 0.15) is 41.6 Å². The molecule has 0 saturated carbocycles. The van der Waals surface area contributed by atoms with Crippen molar-refractivity contribution in [2.45, 2.75) is 40.0 Å². The van der Waals surface area contributed by atoms with Gasteiger partial charge in [-0.1, -0.05) is 140 Å². The van der Waals surface area contributed by atoms with E-state index in [1.807, 2.05) is 30.3 Å². The summed E-state index contributed by atoms with van der Waals surface area (Å²) in [7, 11) is 0. The van der Waals surface area contributed by atoms with E-state index < -0.39 is 6.85 Å². The molecule has 0 fully saturated rings. The molecule has 0 aliphatic carbocycles. The van der Waals surface area contributed by atoms with Crippen molar-refractivity contribution in [1.29, 1.82) is 0 Å². The smallest absolute Gasteiger partial charge is 0.0774 e. The molecular formula is C50H41IrN3O-2. The number of hydrogen-bond acceptors (Lipinski definition) is 3. The first kappa shape index (κ1) is 33.7. The van der Waals surface area contributed by atoms with E-state index in [0.29, 0.717) is 0 Å². The second-order valence-corrected chi connectivity index (χ2v) is 14.4. The van der Waals surface area contributed by atoms with Crippen LogP contribution < -0.4 is 0 Å². The van der Waals surface area contributed by atoms with Crippen LogP contribution in [0.5, 0.6) is 0 Å². The van der Waals surface area contributed by atoms with Gasteiger partial charge in [0.05, 0.1) is 22.5 Å². The van der Waals surface area contributed by atoms with Crippen molar-refractivity contribution < 1.29 is 28.6 Å². The second-order valence-electron chi connectivity index (χ2n) is 14.4. The first-order valence-electron chi connectivity index (χ1n) is 19.6. The fraction of sp³-hybridized carbons (Fsp3) is 0.120. The van der Waals surface area contributed by atoms with Gasteiger partial charge in [-0.3, -0.25) is 4.98 Å². The second kappa shape index (κ2) is 15.8. The van der Waals surface area contributed by atoms with Crippen molar-refractivity contribution in [3.63, 3.8) is 0 Å². The molecular weight excluding hydrogens is 851 g/mol. The summed E-state index contributed by atoms with van der Waals surface area (Å²) in [5.41, 5.74) is 13.6. The number of nitrogens with zero attached hydrogens (tertiary/aromatic N) is 3. The van der Waals surface area contributed by atoms with Gasteiger partial charge in [-0.2, -0.15) is 0 Å². The summed E-state index contributed by atoms with van der Waals surface area (Å²) in [6.45, 7) is 6.84. The van der Waals surface area contributed by atoms with E-state index in [2.05, 4.69) is 153 Å².